The van der Waals surface area contributed by atoms with Crippen molar-refractivity contribution < 1.29 is 23.5 Å². The first-order chi connectivity index (χ1) is 16.0. The molecule has 0 atom stereocenters. The van der Waals surface area contributed by atoms with Crippen LogP contribution < -0.4 is 14.8 Å². The van der Waals surface area contributed by atoms with E-state index >= 15 is 0 Å². The zero-order valence-electron chi connectivity index (χ0n) is 17.9. The van der Waals surface area contributed by atoms with Crippen molar-refractivity contribution in [2.24, 2.45) is 0 Å². The molecule has 0 aliphatic rings. The number of nitriles is 1. The van der Waals surface area contributed by atoms with Crippen LogP contribution in [0.15, 0.2) is 77.5 Å². The molecule has 164 valence electrons. The lowest BCUT2D eigenvalue weighted by atomic mass is 10.1. The molecule has 4 rings (SSSR count). The molecule has 1 N–H and O–H groups in total. The predicted octanol–water partition coefficient (Wildman–Crippen LogP) is 4.73. The third-order valence-electron chi connectivity index (χ3n) is 4.89. The second-order valence-electron chi connectivity index (χ2n) is 6.98. The summed E-state index contributed by atoms with van der Waals surface area (Å²) in [5.41, 5.74) is 1.07. The minimum Gasteiger partial charge on any atom is -0.496 e. The number of carbonyl (C=O) groups excluding carboxylic acids is 2. The van der Waals surface area contributed by atoms with Crippen LogP contribution in [-0.4, -0.2) is 23.6 Å². The van der Waals surface area contributed by atoms with E-state index in [0.717, 1.165) is 0 Å². The minimum atomic E-state index is -0.711. The summed E-state index contributed by atoms with van der Waals surface area (Å²) in [6, 6.07) is 18.8. The van der Waals surface area contributed by atoms with Crippen molar-refractivity contribution in [2.75, 3.05) is 12.4 Å². The third kappa shape index (κ3) is 4.34. The molecule has 2 aromatic heterocycles. The van der Waals surface area contributed by atoms with Crippen molar-refractivity contribution in [3.05, 3.63) is 95.5 Å². The molecule has 0 radical (unpaired) electrons. The molecule has 33 heavy (non-hydrogen) atoms. The van der Waals surface area contributed by atoms with Crippen LogP contribution in [0.25, 0.3) is 5.88 Å². The second kappa shape index (κ2) is 9.16. The van der Waals surface area contributed by atoms with Crippen molar-refractivity contribution >= 4 is 17.6 Å². The van der Waals surface area contributed by atoms with Crippen LogP contribution in [0.4, 0.5) is 5.69 Å². The Bertz CT molecular complexity index is 1350. The average Bonchev–Trinajstić information content (AvgIpc) is 3.47. The number of esters is 1. The van der Waals surface area contributed by atoms with Crippen molar-refractivity contribution in [2.45, 2.75) is 6.92 Å². The number of hydrogen-bond donors (Lipinski definition) is 1. The summed E-state index contributed by atoms with van der Waals surface area (Å²) in [7, 11) is 1.50. The lowest BCUT2D eigenvalue weighted by molar-refractivity contribution is 0.0732. The molecule has 8 nitrogen and oxygen atoms in total. The Labute approximate surface area is 189 Å². The minimum absolute atomic E-state index is 0.0646. The molecule has 0 spiro atoms. The van der Waals surface area contributed by atoms with Gasteiger partial charge < -0.3 is 19.2 Å². The number of hydrogen-bond acceptors (Lipinski definition) is 6. The van der Waals surface area contributed by atoms with E-state index in [-0.39, 0.29) is 34.4 Å². The molecular weight excluding hydrogens is 422 g/mol. The molecular formula is C25H19N3O5. The molecule has 0 aliphatic heterocycles. The van der Waals surface area contributed by atoms with Gasteiger partial charge in [-0.15, -0.1) is 0 Å². The van der Waals surface area contributed by atoms with Crippen LogP contribution >= 0.6 is 0 Å². The lowest BCUT2D eigenvalue weighted by Crippen LogP contribution is -2.13. The number of aromatic nitrogens is 1. The molecule has 4 aromatic rings. The van der Waals surface area contributed by atoms with Gasteiger partial charge in [0.1, 0.15) is 34.5 Å². The van der Waals surface area contributed by atoms with E-state index < -0.39 is 5.97 Å². The molecule has 2 aromatic carbocycles. The molecule has 0 fully saturated rings. The fourth-order valence-corrected chi connectivity index (χ4v) is 3.33. The lowest BCUT2D eigenvalue weighted by Gasteiger charge is -2.10. The first kappa shape index (κ1) is 21.5. The van der Waals surface area contributed by atoms with Gasteiger partial charge in [0.25, 0.3) is 5.91 Å². The van der Waals surface area contributed by atoms with Gasteiger partial charge in [0.15, 0.2) is 0 Å². The average molecular weight is 441 g/mol. The summed E-state index contributed by atoms with van der Waals surface area (Å²) in [5.74, 6) is 0.202. The van der Waals surface area contributed by atoms with Gasteiger partial charge in [0, 0.05) is 18.1 Å². The van der Waals surface area contributed by atoms with Gasteiger partial charge in [0.2, 0.25) is 5.88 Å². The fraction of sp³-hybridized carbons (Fsp3) is 0.0800. The Hall–Kier alpha value is -4.77. The number of ether oxygens (including phenoxy) is 2. The summed E-state index contributed by atoms with van der Waals surface area (Å²) in [4.78, 5) is 25.3. The molecule has 0 unspecified atom stereocenters. The highest BCUT2D eigenvalue weighted by atomic mass is 16.5. The number of para-hydroxylation sites is 1. The Kier molecular flexibility index (Phi) is 5.96. The van der Waals surface area contributed by atoms with Crippen LogP contribution in [-0.2, 0) is 0 Å². The quantitative estimate of drug-likeness (QED) is 0.342. The van der Waals surface area contributed by atoms with Gasteiger partial charge in [-0.25, -0.2) is 4.79 Å². The number of benzene rings is 2. The Morgan fingerprint density at radius 3 is 2.39 bits per heavy atom. The highest BCUT2D eigenvalue weighted by Crippen LogP contribution is 2.27. The molecule has 2 heterocycles. The number of methoxy groups -OCH3 is 1. The molecule has 0 saturated carbocycles. The largest absolute Gasteiger partial charge is 0.496 e. The van der Waals surface area contributed by atoms with Crippen LogP contribution in [0.3, 0.4) is 0 Å². The van der Waals surface area contributed by atoms with E-state index in [0.29, 0.717) is 17.0 Å². The van der Waals surface area contributed by atoms with Crippen molar-refractivity contribution in [1.29, 1.82) is 5.26 Å². The van der Waals surface area contributed by atoms with E-state index in [1.54, 1.807) is 84.5 Å². The number of nitrogens with zero attached hydrogens (tertiary/aromatic N) is 2. The number of anilines is 1. The predicted molar refractivity (Wildman–Crippen MR) is 120 cm³/mol. The number of aryl methyl sites for hydroxylation is 1. The van der Waals surface area contributed by atoms with Gasteiger partial charge in [-0.1, -0.05) is 12.1 Å². The first-order valence-electron chi connectivity index (χ1n) is 9.95. The van der Waals surface area contributed by atoms with Gasteiger partial charge in [0.05, 0.1) is 12.7 Å². The number of furan rings is 1. The van der Waals surface area contributed by atoms with E-state index in [1.807, 2.05) is 6.07 Å². The standard InChI is InChI=1S/C25H19N3O5/c1-16-22(20(15-26)24(32-16)28-13-5-6-14-28)25(30)33-18-11-9-17(10-12-18)27-23(29)19-7-3-4-8-21(19)31-2/h3-14H,1-2H3,(H,27,29). The van der Waals surface area contributed by atoms with E-state index in [4.69, 9.17) is 13.9 Å². The molecule has 0 saturated heterocycles. The van der Waals surface area contributed by atoms with E-state index in [1.165, 1.54) is 7.11 Å². The van der Waals surface area contributed by atoms with Crippen LogP contribution in [0.5, 0.6) is 11.5 Å². The third-order valence-corrected chi connectivity index (χ3v) is 4.89. The fourth-order valence-electron chi connectivity index (χ4n) is 3.33. The number of rotatable bonds is 6. The maximum absolute atomic E-state index is 12.8. The molecule has 8 heteroatoms. The Morgan fingerprint density at radius 1 is 1.03 bits per heavy atom. The topological polar surface area (TPSA) is 106 Å². The molecule has 0 aliphatic carbocycles. The van der Waals surface area contributed by atoms with Crippen molar-refractivity contribution in [3.8, 4) is 23.5 Å². The maximum atomic E-state index is 12.8. The highest BCUT2D eigenvalue weighted by molar-refractivity contribution is 6.06. The van der Waals surface area contributed by atoms with E-state index in [2.05, 4.69) is 5.32 Å². The maximum Gasteiger partial charge on any atom is 0.348 e. The van der Waals surface area contributed by atoms with Crippen molar-refractivity contribution in [1.82, 2.24) is 4.57 Å². The summed E-state index contributed by atoms with van der Waals surface area (Å²) in [6.45, 7) is 1.60. The smallest absolute Gasteiger partial charge is 0.348 e. The number of carbonyl (C=O) groups is 2. The van der Waals surface area contributed by atoms with Crippen LogP contribution in [0.1, 0.15) is 32.0 Å². The highest BCUT2D eigenvalue weighted by Gasteiger charge is 2.26. The van der Waals surface area contributed by atoms with E-state index in [9.17, 15) is 14.9 Å². The summed E-state index contributed by atoms with van der Waals surface area (Å²) >= 11 is 0. The van der Waals surface area contributed by atoms with Gasteiger partial charge in [-0.05, 0) is 55.5 Å². The normalized spacial score (nSPS) is 10.3. The molecule has 0 bridgehead atoms. The number of nitrogens with one attached hydrogen (secondary N) is 1. The SMILES string of the molecule is COc1ccccc1C(=O)Nc1ccc(OC(=O)c2c(C)oc(-n3cccc3)c2C#N)cc1. The zero-order valence-corrected chi connectivity index (χ0v) is 17.9. The summed E-state index contributed by atoms with van der Waals surface area (Å²) in [5, 5.41) is 12.4. The number of amides is 1. The monoisotopic (exact) mass is 441 g/mol. The summed E-state index contributed by atoms with van der Waals surface area (Å²) in [6.07, 6.45) is 3.43. The van der Waals surface area contributed by atoms with Gasteiger partial charge in [-0.2, -0.15) is 5.26 Å². The summed E-state index contributed by atoms with van der Waals surface area (Å²) < 4.78 is 17.9. The zero-order chi connectivity index (χ0) is 23.4. The van der Waals surface area contributed by atoms with Crippen LogP contribution in [0.2, 0.25) is 0 Å². The van der Waals surface area contributed by atoms with Crippen molar-refractivity contribution in [3.63, 3.8) is 0 Å². The van der Waals surface area contributed by atoms with Crippen LogP contribution in [0, 0.1) is 18.3 Å². The second-order valence-corrected chi connectivity index (χ2v) is 6.98. The van der Waals surface area contributed by atoms with Gasteiger partial charge >= 0.3 is 5.97 Å². The Morgan fingerprint density at radius 2 is 1.73 bits per heavy atom. The first-order valence-corrected chi connectivity index (χ1v) is 9.95. The van der Waals surface area contributed by atoms with Gasteiger partial charge in [-0.3, -0.25) is 9.36 Å². The molecule has 1 amide bonds. The Balaban J connectivity index is 1.49.